The molecule has 0 heterocycles. The first-order valence-electron chi connectivity index (χ1n) is 5.73. The number of carbonyl (C=O) groups is 1. The van der Waals surface area contributed by atoms with E-state index >= 15 is 0 Å². The van der Waals surface area contributed by atoms with E-state index in [9.17, 15) is 4.79 Å². The van der Waals surface area contributed by atoms with E-state index in [-0.39, 0.29) is 5.91 Å². The second-order valence-corrected chi connectivity index (χ2v) is 5.76. The first-order chi connectivity index (χ1) is 8.04. The number of hydrogen-bond acceptors (Lipinski definition) is 1. The maximum absolute atomic E-state index is 11.8. The van der Waals surface area contributed by atoms with Crippen molar-refractivity contribution in [2.45, 2.75) is 31.5 Å². The van der Waals surface area contributed by atoms with Crippen molar-refractivity contribution in [2.24, 2.45) is 0 Å². The molecule has 2 nitrogen and oxygen atoms in total. The van der Waals surface area contributed by atoms with Crippen LogP contribution in [0.3, 0.4) is 0 Å². The van der Waals surface area contributed by atoms with Crippen LogP contribution in [0, 0.1) is 6.92 Å². The maximum atomic E-state index is 11.8. The van der Waals surface area contributed by atoms with Crippen LogP contribution in [0.2, 0.25) is 5.02 Å². The minimum absolute atomic E-state index is 0.0764. The minimum Gasteiger partial charge on any atom is -0.351 e. The van der Waals surface area contributed by atoms with E-state index < -0.39 is 0 Å². The molecule has 0 spiro atoms. The Morgan fingerprint density at radius 2 is 2.24 bits per heavy atom. The van der Waals surface area contributed by atoms with Crippen LogP contribution in [0.15, 0.2) is 18.2 Å². The summed E-state index contributed by atoms with van der Waals surface area (Å²) in [6.45, 7) is 4.67. The largest absolute Gasteiger partial charge is 0.351 e. The smallest absolute Gasteiger partial charge is 0.251 e. The number of rotatable bonds is 5. The van der Waals surface area contributed by atoms with Gasteiger partial charge < -0.3 is 5.32 Å². The molecule has 1 amide bonds. The molecular weight excluding hydrogens is 302 g/mol. The zero-order chi connectivity index (χ0) is 12.8. The molecule has 0 radical (unpaired) electrons. The maximum Gasteiger partial charge on any atom is 0.251 e. The normalized spacial score (nSPS) is 12.2. The Morgan fingerprint density at radius 1 is 1.53 bits per heavy atom. The van der Waals surface area contributed by atoms with Crippen LogP contribution in [0.5, 0.6) is 0 Å². The van der Waals surface area contributed by atoms with Gasteiger partial charge in [0.25, 0.3) is 5.91 Å². The lowest BCUT2D eigenvalue weighted by Crippen LogP contribution is -2.29. The average molecular weight is 319 g/mol. The zero-order valence-corrected chi connectivity index (χ0v) is 12.4. The van der Waals surface area contributed by atoms with Gasteiger partial charge in [-0.3, -0.25) is 4.79 Å². The molecule has 0 aromatic heterocycles. The van der Waals surface area contributed by atoms with Gasteiger partial charge >= 0.3 is 0 Å². The van der Waals surface area contributed by atoms with Gasteiger partial charge in [-0.15, -0.1) is 0 Å². The molecule has 0 saturated carbocycles. The molecule has 4 heteroatoms. The van der Waals surface area contributed by atoms with E-state index in [0.29, 0.717) is 22.0 Å². The Labute approximate surface area is 116 Å². The van der Waals surface area contributed by atoms with Crippen molar-refractivity contribution in [2.75, 3.05) is 6.54 Å². The Hall–Kier alpha value is -0.540. The van der Waals surface area contributed by atoms with E-state index in [0.717, 1.165) is 18.4 Å². The summed E-state index contributed by atoms with van der Waals surface area (Å²) >= 11 is 9.51. The van der Waals surface area contributed by atoms with Gasteiger partial charge in [-0.1, -0.05) is 46.9 Å². The second kappa shape index (κ2) is 7.02. The molecule has 1 aromatic rings. The number of nitrogens with one attached hydrogen (secondary N) is 1. The van der Waals surface area contributed by atoms with Gasteiger partial charge in [0, 0.05) is 22.0 Å². The van der Waals surface area contributed by atoms with Crippen LogP contribution in [-0.4, -0.2) is 17.3 Å². The highest BCUT2D eigenvalue weighted by molar-refractivity contribution is 9.09. The third kappa shape index (κ3) is 4.68. The van der Waals surface area contributed by atoms with Crippen molar-refractivity contribution in [3.05, 3.63) is 34.3 Å². The SMILES string of the molecule is CCCC(Br)CNC(=O)c1ccc(C)c(Cl)c1. The van der Waals surface area contributed by atoms with Gasteiger partial charge in [-0.25, -0.2) is 0 Å². The minimum atomic E-state index is -0.0764. The lowest BCUT2D eigenvalue weighted by molar-refractivity contribution is 0.0953. The molecule has 0 fully saturated rings. The molecule has 0 aliphatic rings. The van der Waals surface area contributed by atoms with Gasteiger partial charge in [0.05, 0.1) is 0 Å². The van der Waals surface area contributed by atoms with Crippen LogP contribution in [0.1, 0.15) is 35.7 Å². The van der Waals surface area contributed by atoms with Crippen molar-refractivity contribution < 1.29 is 4.79 Å². The number of amides is 1. The summed E-state index contributed by atoms with van der Waals surface area (Å²) < 4.78 is 0. The van der Waals surface area contributed by atoms with Crippen molar-refractivity contribution >= 4 is 33.4 Å². The van der Waals surface area contributed by atoms with E-state index in [1.165, 1.54) is 0 Å². The molecule has 94 valence electrons. The van der Waals surface area contributed by atoms with E-state index in [2.05, 4.69) is 28.2 Å². The first kappa shape index (κ1) is 14.5. The van der Waals surface area contributed by atoms with Crippen LogP contribution in [0.25, 0.3) is 0 Å². The molecule has 17 heavy (non-hydrogen) atoms. The predicted octanol–water partition coefficient (Wildman–Crippen LogP) is 3.94. The number of alkyl halides is 1. The van der Waals surface area contributed by atoms with Crippen molar-refractivity contribution in [1.29, 1.82) is 0 Å². The number of aryl methyl sites for hydroxylation is 1. The van der Waals surface area contributed by atoms with Crippen LogP contribution < -0.4 is 5.32 Å². The number of hydrogen-bond donors (Lipinski definition) is 1. The zero-order valence-electron chi connectivity index (χ0n) is 10.1. The molecule has 1 N–H and O–H groups in total. The Balaban J connectivity index is 2.55. The standard InChI is InChI=1S/C13H17BrClNO/c1-3-4-11(14)8-16-13(17)10-6-5-9(2)12(15)7-10/h5-7,11H,3-4,8H2,1-2H3,(H,16,17). The molecule has 0 aliphatic carbocycles. The third-order valence-corrected chi connectivity index (χ3v) is 3.71. The highest BCUT2D eigenvalue weighted by atomic mass is 79.9. The van der Waals surface area contributed by atoms with E-state index in [1.807, 2.05) is 13.0 Å². The van der Waals surface area contributed by atoms with Crippen molar-refractivity contribution in [3.63, 3.8) is 0 Å². The Kier molecular flexibility index (Phi) is 6.00. The third-order valence-electron chi connectivity index (χ3n) is 2.52. The van der Waals surface area contributed by atoms with Gasteiger partial charge in [-0.2, -0.15) is 0 Å². The molecule has 1 aromatic carbocycles. The van der Waals surface area contributed by atoms with Gasteiger partial charge in [-0.05, 0) is 31.0 Å². The highest BCUT2D eigenvalue weighted by Gasteiger charge is 2.09. The van der Waals surface area contributed by atoms with Gasteiger partial charge in [0.15, 0.2) is 0 Å². The second-order valence-electron chi connectivity index (χ2n) is 4.06. The number of carbonyl (C=O) groups excluding carboxylic acids is 1. The van der Waals surface area contributed by atoms with E-state index in [4.69, 9.17) is 11.6 Å². The molecule has 1 atom stereocenters. The summed E-state index contributed by atoms with van der Waals surface area (Å²) in [4.78, 5) is 12.2. The molecular formula is C13H17BrClNO. The molecule has 0 bridgehead atoms. The van der Waals surface area contributed by atoms with Crippen LogP contribution in [0.4, 0.5) is 0 Å². The summed E-state index contributed by atoms with van der Waals surface area (Å²) in [5.74, 6) is -0.0764. The lowest BCUT2D eigenvalue weighted by atomic mass is 10.1. The van der Waals surface area contributed by atoms with Crippen molar-refractivity contribution in [1.82, 2.24) is 5.32 Å². The average Bonchev–Trinajstić information content (AvgIpc) is 2.30. The van der Waals surface area contributed by atoms with Gasteiger partial charge in [0.2, 0.25) is 0 Å². The van der Waals surface area contributed by atoms with E-state index in [1.54, 1.807) is 12.1 Å². The molecule has 1 rings (SSSR count). The molecule has 1 unspecified atom stereocenters. The Bertz CT molecular complexity index is 395. The number of halogens is 2. The highest BCUT2D eigenvalue weighted by Crippen LogP contribution is 2.16. The fraction of sp³-hybridized carbons (Fsp3) is 0.462. The summed E-state index contributed by atoms with van der Waals surface area (Å²) in [5, 5.41) is 3.51. The fourth-order valence-electron chi connectivity index (χ4n) is 1.45. The Morgan fingerprint density at radius 3 is 2.82 bits per heavy atom. The first-order valence-corrected chi connectivity index (χ1v) is 7.02. The summed E-state index contributed by atoms with van der Waals surface area (Å²) in [6, 6.07) is 5.35. The number of benzene rings is 1. The monoisotopic (exact) mass is 317 g/mol. The van der Waals surface area contributed by atoms with Gasteiger partial charge in [0.1, 0.15) is 0 Å². The lowest BCUT2D eigenvalue weighted by Gasteiger charge is -2.10. The summed E-state index contributed by atoms with van der Waals surface area (Å²) in [5.41, 5.74) is 1.59. The topological polar surface area (TPSA) is 29.1 Å². The molecule has 0 aliphatic heterocycles. The van der Waals surface area contributed by atoms with Crippen molar-refractivity contribution in [3.8, 4) is 0 Å². The predicted molar refractivity (Wildman–Crippen MR) is 76.1 cm³/mol. The van der Waals surface area contributed by atoms with Crippen LogP contribution >= 0.6 is 27.5 Å². The quantitative estimate of drug-likeness (QED) is 0.819. The summed E-state index contributed by atoms with van der Waals surface area (Å²) in [7, 11) is 0. The van der Waals surface area contributed by atoms with Crippen LogP contribution in [-0.2, 0) is 0 Å². The fourth-order valence-corrected chi connectivity index (χ4v) is 2.26. The molecule has 0 saturated heterocycles. The summed E-state index contributed by atoms with van der Waals surface area (Å²) in [6.07, 6.45) is 2.15.